The zero-order chi connectivity index (χ0) is 13.9. The third kappa shape index (κ3) is 7.41. The molecule has 1 aromatic rings. The lowest BCUT2D eigenvalue weighted by Gasteiger charge is -2.19. The van der Waals surface area contributed by atoms with Gasteiger partial charge in [0, 0.05) is 6.04 Å². The molecule has 0 aliphatic heterocycles. The first-order chi connectivity index (χ1) is 9.26. The summed E-state index contributed by atoms with van der Waals surface area (Å²) in [5.74, 6) is 0. The van der Waals surface area contributed by atoms with Gasteiger partial charge >= 0.3 is 0 Å². The molecule has 0 fully saturated rings. The molecule has 108 valence electrons. The van der Waals surface area contributed by atoms with Crippen LogP contribution in [0.3, 0.4) is 0 Å². The van der Waals surface area contributed by atoms with E-state index in [0.717, 1.165) is 5.69 Å². The number of pyridine rings is 1. The Hall–Kier alpha value is -0.760. The molecule has 1 rings (SSSR count). The van der Waals surface area contributed by atoms with Gasteiger partial charge in [-0.1, -0.05) is 64.0 Å². The van der Waals surface area contributed by atoms with E-state index in [-0.39, 0.29) is 0 Å². The number of halogens is 1. The zero-order valence-electron chi connectivity index (χ0n) is 12.3. The van der Waals surface area contributed by atoms with E-state index in [4.69, 9.17) is 11.6 Å². The van der Waals surface area contributed by atoms with E-state index in [2.05, 4.69) is 24.1 Å². The van der Waals surface area contributed by atoms with Gasteiger partial charge in [0.25, 0.3) is 0 Å². The van der Waals surface area contributed by atoms with Crippen LogP contribution < -0.4 is 5.32 Å². The molecule has 19 heavy (non-hydrogen) atoms. The summed E-state index contributed by atoms with van der Waals surface area (Å²) < 4.78 is 0. The highest BCUT2D eigenvalue weighted by Crippen LogP contribution is 2.17. The minimum absolute atomic E-state index is 0.555. The molecule has 1 aromatic heterocycles. The predicted molar refractivity (Wildman–Crippen MR) is 84.9 cm³/mol. The Balaban J connectivity index is 2.44. The molecule has 1 N–H and O–H groups in total. The number of nitrogens with zero attached hydrogens (tertiary/aromatic N) is 1. The summed E-state index contributed by atoms with van der Waals surface area (Å²) in [7, 11) is 0. The lowest BCUT2D eigenvalue weighted by Crippen LogP contribution is -2.19. The van der Waals surface area contributed by atoms with Gasteiger partial charge in [-0.05, 0) is 25.0 Å². The van der Waals surface area contributed by atoms with E-state index in [1.54, 1.807) is 0 Å². The van der Waals surface area contributed by atoms with Gasteiger partial charge in [-0.15, -0.1) is 0 Å². The second-order valence-electron chi connectivity index (χ2n) is 5.20. The Kier molecular flexibility index (Phi) is 8.64. The highest BCUT2D eigenvalue weighted by molar-refractivity contribution is 6.29. The van der Waals surface area contributed by atoms with Crippen LogP contribution in [-0.4, -0.2) is 11.0 Å². The quantitative estimate of drug-likeness (QED) is 0.441. The second-order valence-corrected chi connectivity index (χ2v) is 5.59. The van der Waals surface area contributed by atoms with Crippen molar-refractivity contribution in [3.05, 3.63) is 23.5 Å². The normalized spacial score (nSPS) is 10.9. The van der Waals surface area contributed by atoms with E-state index in [0.29, 0.717) is 11.2 Å². The van der Waals surface area contributed by atoms with Crippen molar-refractivity contribution in [1.29, 1.82) is 0 Å². The first kappa shape index (κ1) is 16.3. The van der Waals surface area contributed by atoms with Crippen molar-refractivity contribution in [3.8, 4) is 0 Å². The third-order valence-electron chi connectivity index (χ3n) is 3.41. The Bertz CT molecular complexity index is 314. The van der Waals surface area contributed by atoms with Crippen LogP contribution in [0.4, 0.5) is 5.69 Å². The van der Waals surface area contributed by atoms with Crippen molar-refractivity contribution in [2.24, 2.45) is 0 Å². The molecule has 0 unspecified atom stereocenters. The maximum absolute atomic E-state index is 5.81. The van der Waals surface area contributed by atoms with Crippen LogP contribution in [0.25, 0.3) is 0 Å². The molecule has 0 aliphatic rings. The average Bonchev–Trinajstić information content (AvgIpc) is 2.41. The van der Waals surface area contributed by atoms with E-state index in [1.807, 2.05) is 18.3 Å². The Labute approximate surface area is 123 Å². The number of hydrogen-bond donors (Lipinski definition) is 1. The molecule has 2 nitrogen and oxygen atoms in total. The van der Waals surface area contributed by atoms with E-state index in [9.17, 15) is 0 Å². The lowest BCUT2D eigenvalue weighted by atomic mass is 10.0. The van der Waals surface area contributed by atoms with Gasteiger partial charge in [0.15, 0.2) is 0 Å². The van der Waals surface area contributed by atoms with Gasteiger partial charge in [-0.2, -0.15) is 0 Å². The zero-order valence-corrected chi connectivity index (χ0v) is 13.0. The summed E-state index contributed by atoms with van der Waals surface area (Å²) in [6.07, 6.45) is 12.2. The van der Waals surface area contributed by atoms with E-state index in [1.165, 1.54) is 51.4 Å². The maximum Gasteiger partial charge on any atom is 0.129 e. The number of nitrogens with one attached hydrogen (secondary N) is 1. The Morgan fingerprint density at radius 1 is 1.05 bits per heavy atom. The number of anilines is 1. The summed E-state index contributed by atoms with van der Waals surface area (Å²) >= 11 is 5.81. The van der Waals surface area contributed by atoms with Crippen molar-refractivity contribution in [1.82, 2.24) is 4.98 Å². The molecule has 0 aromatic carbocycles. The number of aromatic nitrogens is 1. The smallest absolute Gasteiger partial charge is 0.129 e. The van der Waals surface area contributed by atoms with Crippen molar-refractivity contribution < 1.29 is 0 Å². The van der Waals surface area contributed by atoms with Crippen LogP contribution in [0.5, 0.6) is 0 Å². The molecule has 0 bridgehead atoms. The molecule has 0 saturated carbocycles. The van der Waals surface area contributed by atoms with Crippen molar-refractivity contribution >= 4 is 17.3 Å². The van der Waals surface area contributed by atoms with Gasteiger partial charge in [-0.3, -0.25) is 0 Å². The Morgan fingerprint density at radius 3 is 2.16 bits per heavy atom. The summed E-state index contributed by atoms with van der Waals surface area (Å²) in [5, 5.41) is 4.16. The fourth-order valence-corrected chi connectivity index (χ4v) is 2.38. The second kappa shape index (κ2) is 10.1. The molecule has 0 atom stereocenters. The number of hydrogen-bond acceptors (Lipinski definition) is 2. The number of rotatable bonds is 10. The third-order valence-corrected chi connectivity index (χ3v) is 3.63. The SMILES string of the molecule is CCCCCC(CCCCC)Nc1ccc(Cl)nc1. The molecule has 3 heteroatoms. The molecule has 0 aliphatic carbocycles. The largest absolute Gasteiger partial charge is 0.381 e. The van der Waals surface area contributed by atoms with Crippen LogP contribution in [0.2, 0.25) is 5.15 Å². The van der Waals surface area contributed by atoms with Gasteiger partial charge in [0.1, 0.15) is 5.15 Å². The topological polar surface area (TPSA) is 24.9 Å². The summed E-state index contributed by atoms with van der Waals surface area (Å²) in [5.41, 5.74) is 1.09. The van der Waals surface area contributed by atoms with Crippen LogP contribution in [0.1, 0.15) is 65.2 Å². The van der Waals surface area contributed by atoms with E-state index < -0.39 is 0 Å². The molecular weight excluding hydrogens is 256 g/mol. The van der Waals surface area contributed by atoms with Crippen molar-refractivity contribution in [3.63, 3.8) is 0 Å². The van der Waals surface area contributed by atoms with Crippen LogP contribution >= 0.6 is 11.6 Å². The van der Waals surface area contributed by atoms with E-state index >= 15 is 0 Å². The van der Waals surface area contributed by atoms with Gasteiger partial charge in [0.05, 0.1) is 11.9 Å². The standard InChI is InChI=1S/C16H27ClN2/c1-3-5-7-9-14(10-8-6-4-2)19-15-11-12-16(17)18-13-15/h11-14,19H,3-10H2,1-2H3. The lowest BCUT2D eigenvalue weighted by molar-refractivity contribution is 0.526. The molecule has 0 spiro atoms. The molecule has 1 heterocycles. The first-order valence-corrected chi connectivity index (χ1v) is 8.02. The minimum Gasteiger partial charge on any atom is -0.381 e. The Morgan fingerprint density at radius 2 is 1.68 bits per heavy atom. The summed E-state index contributed by atoms with van der Waals surface area (Å²) in [4.78, 5) is 4.13. The van der Waals surface area contributed by atoms with Gasteiger partial charge < -0.3 is 5.32 Å². The van der Waals surface area contributed by atoms with Crippen LogP contribution in [0.15, 0.2) is 18.3 Å². The molecule has 0 saturated heterocycles. The fraction of sp³-hybridized carbons (Fsp3) is 0.688. The maximum atomic E-state index is 5.81. The molecular formula is C16H27ClN2. The van der Waals surface area contributed by atoms with Crippen LogP contribution in [0, 0.1) is 0 Å². The monoisotopic (exact) mass is 282 g/mol. The predicted octanol–water partition coefficient (Wildman–Crippen LogP) is 5.68. The van der Waals surface area contributed by atoms with Gasteiger partial charge in [-0.25, -0.2) is 4.98 Å². The fourth-order valence-electron chi connectivity index (χ4n) is 2.27. The van der Waals surface area contributed by atoms with Crippen molar-refractivity contribution in [2.45, 2.75) is 71.3 Å². The van der Waals surface area contributed by atoms with Crippen molar-refractivity contribution in [2.75, 3.05) is 5.32 Å². The minimum atomic E-state index is 0.555. The average molecular weight is 283 g/mol. The van der Waals surface area contributed by atoms with Gasteiger partial charge in [0.2, 0.25) is 0 Å². The summed E-state index contributed by atoms with van der Waals surface area (Å²) in [6, 6.07) is 4.43. The highest BCUT2D eigenvalue weighted by atomic mass is 35.5. The first-order valence-electron chi connectivity index (χ1n) is 7.64. The number of unbranched alkanes of at least 4 members (excludes halogenated alkanes) is 4. The molecule has 0 amide bonds. The van der Waals surface area contributed by atoms with Crippen LogP contribution in [-0.2, 0) is 0 Å². The summed E-state index contributed by atoms with van der Waals surface area (Å²) in [6.45, 7) is 4.51. The molecule has 0 radical (unpaired) electrons. The highest BCUT2D eigenvalue weighted by Gasteiger charge is 2.08.